The SMILES string of the molecule is CCN(Cc1ccc(N)cc1)S(=O)(=O)c1ccccc1. The van der Waals surface area contributed by atoms with Crippen molar-refractivity contribution < 1.29 is 8.42 Å². The van der Waals surface area contributed by atoms with Crippen LogP contribution in [0.2, 0.25) is 0 Å². The van der Waals surface area contributed by atoms with E-state index in [-0.39, 0.29) is 0 Å². The number of sulfonamides is 1. The van der Waals surface area contributed by atoms with Crippen molar-refractivity contribution in [3.63, 3.8) is 0 Å². The summed E-state index contributed by atoms with van der Waals surface area (Å²) in [6.07, 6.45) is 0. The molecule has 4 nitrogen and oxygen atoms in total. The third kappa shape index (κ3) is 3.18. The summed E-state index contributed by atoms with van der Waals surface area (Å²) >= 11 is 0. The van der Waals surface area contributed by atoms with Gasteiger partial charge in [-0.15, -0.1) is 0 Å². The van der Waals surface area contributed by atoms with Gasteiger partial charge in [-0.1, -0.05) is 37.3 Å². The van der Waals surface area contributed by atoms with Crippen LogP contribution in [0.3, 0.4) is 0 Å². The zero-order valence-corrected chi connectivity index (χ0v) is 12.2. The van der Waals surface area contributed by atoms with E-state index in [1.54, 1.807) is 42.5 Å². The summed E-state index contributed by atoms with van der Waals surface area (Å²) in [5, 5.41) is 0. The molecule has 0 radical (unpaired) electrons. The second-order valence-corrected chi connectivity index (χ2v) is 6.42. The minimum absolute atomic E-state index is 0.317. The molecule has 0 bridgehead atoms. The number of hydrogen-bond donors (Lipinski definition) is 1. The molecule has 106 valence electrons. The fourth-order valence-electron chi connectivity index (χ4n) is 1.93. The second-order valence-electron chi connectivity index (χ2n) is 4.49. The predicted octanol–water partition coefficient (Wildman–Crippen LogP) is 2.48. The Bertz CT molecular complexity index is 652. The summed E-state index contributed by atoms with van der Waals surface area (Å²) in [5.74, 6) is 0. The molecule has 0 saturated heterocycles. The average Bonchev–Trinajstić information content (AvgIpc) is 2.47. The minimum Gasteiger partial charge on any atom is -0.399 e. The molecule has 2 N–H and O–H groups in total. The molecule has 20 heavy (non-hydrogen) atoms. The highest BCUT2D eigenvalue weighted by Gasteiger charge is 2.22. The van der Waals surface area contributed by atoms with Crippen LogP contribution < -0.4 is 5.73 Å². The van der Waals surface area contributed by atoms with E-state index in [1.807, 2.05) is 19.1 Å². The van der Waals surface area contributed by atoms with Crippen molar-refractivity contribution in [3.05, 3.63) is 60.2 Å². The van der Waals surface area contributed by atoms with Gasteiger partial charge in [0, 0.05) is 18.8 Å². The fourth-order valence-corrected chi connectivity index (χ4v) is 3.39. The molecule has 0 spiro atoms. The van der Waals surface area contributed by atoms with Crippen LogP contribution in [0, 0.1) is 0 Å². The van der Waals surface area contributed by atoms with Gasteiger partial charge in [-0.05, 0) is 29.8 Å². The molecule has 0 atom stereocenters. The first-order valence-electron chi connectivity index (χ1n) is 6.43. The smallest absolute Gasteiger partial charge is 0.243 e. The third-order valence-electron chi connectivity index (χ3n) is 3.07. The standard InChI is InChI=1S/C15H18N2O2S/c1-2-17(12-13-8-10-14(16)11-9-13)20(18,19)15-6-4-3-5-7-15/h3-11H,2,12,16H2,1H3. The van der Waals surface area contributed by atoms with Crippen molar-refractivity contribution in [2.24, 2.45) is 0 Å². The summed E-state index contributed by atoms with van der Waals surface area (Å²) in [5.41, 5.74) is 7.22. The summed E-state index contributed by atoms with van der Waals surface area (Å²) in [6.45, 7) is 2.59. The maximum Gasteiger partial charge on any atom is 0.243 e. The molecule has 0 saturated carbocycles. The van der Waals surface area contributed by atoms with Gasteiger partial charge in [0.05, 0.1) is 4.90 Å². The zero-order chi connectivity index (χ0) is 14.6. The van der Waals surface area contributed by atoms with E-state index < -0.39 is 10.0 Å². The Labute approximate surface area is 119 Å². The lowest BCUT2D eigenvalue weighted by molar-refractivity contribution is 0.423. The number of benzene rings is 2. The average molecular weight is 290 g/mol. The largest absolute Gasteiger partial charge is 0.399 e. The minimum atomic E-state index is -3.46. The van der Waals surface area contributed by atoms with Gasteiger partial charge < -0.3 is 5.73 Å². The van der Waals surface area contributed by atoms with Crippen molar-refractivity contribution in [1.82, 2.24) is 4.31 Å². The van der Waals surface area contributed by atoms with Gasteiger partial charge in [0.1, 0.15) is 0 Å². The van der Waals surface area contributed by atoms with E-state index >= 15 is 0 Å². The molecule has 0 aliphatic rings. The van der Waals surface area contributed by atoms with Crippen LogP contribution in [0.1, 0.15) is 12.5 Å². The molecule has 0 aromatic heterocycles. The lowest BCUT2D eigenvalue weighted by Crippen LogP contribution is -2.30. The molecular formula is C15H18N2O2S. The first-order valence-corrected chi connectivity index (χ1v) is 7.87. The lowest BCUT2D eigenvalue weighted by Gasteiger charge is -2.20. The normalized spacial score (nSPS) is 11.7. The molecule has 0 heterocycles. The van der Waals surface area contributed by atoms with Crippen LogP contribution in [-0.2, 0) is 16.6 Å². The van der Waals surface area contributed by atoms with Gasteiger partial charge in [-0.25, -0.2) is 8.42 Å². The van der Waals surface area contributed by atoms with Crippen LogP contribution >= 0.6 is 0 Å². The molecule has 0 fully saturated rings. The Morgan fingerprint density at radius 2 is 1.60 bits per heavy atom. The van der Waals surface area contributed by atoms with Crippen LogP contribution in [0.25, 0.3) is 0 Å². The Balaban J connectivity index is 2.26. The highest BCUT2D eigenvalue weighted by Crippen LogP contribution is 2.18. The Kier molecular flexibility index (Phi) is 4.42. The monoisotopic (exact) mass is 290 g/mol. The molecule has 0 unspecified atom stereocenters. The Morgan fingerprint density at radius 3 is 2.15 bits per heavy atom. The second kappa shape index (κ2) is 6.07. The number of hydrogen-bond acceptors (Lipinski definition) is 3. The fraction of sp³-hybridized carbons (Fsp3) is 0.200. The van der Waals surface area contributed by atoms with E-state index in [9.17, 15) is 8.42 Å². The molecule has 0 amide bonds. The first kappa shape index (κ1) is 14.6. The quantitative estimate of drug-likeness (QED) is 0.860. The Hall–Kier alpha value is -1.85. The molecule has 2 rings (SSSR count). The summed E-state index contributed by atoms with van der Waals surface area (Å²) in [4.78, 5) is 0.317. The summed E-state index contributed by atoms with van der Waals surface area (Å²) in [6, 6.07) is 15.7. The van der Waals surface area contributed by atoms with Gasteiger partial charge in [-0.3, -0.25) is 0 Å². The number of nitrogens with zero attached hydrogens (tertiary/aromatic N) is 1. The van der Waals surface area contributed by atoms with E-state index in [1.165, 1.54) is 4.31 Å². The summed E-state index contributed by atoms with van der Waals surface area (Å²) in [7, 11) is -3.46. The predicted molar refractivity (Wildman–Crippen MR) is 80.6 cm³/mol. The van der Waals surface area contributed by atoms with Crippen molar-refractivity contribution in [3.8, 4) is 0 Å². The lowest BCUT2D eigenvalue weighted by atomic mass is 10.2. The van der Waals surface area contributed by atoms with Crippen LogP contribution in [0.4, 0.5) is 5.69 Å². The number of nitrogen functional groups attached to an aromatic ring is 1. The molecule has 0 aliphatic carbocycles. The van der Waals surface area contributed by atoms with Gasteiger partial charge in [0.2, 0.25) is 10.0 Å². The van der Waals surface area contributed by atoms with Crippen LogP contribution in [0.5, 0.6) is 0 Å². The third-order valence-corrected chi connectivity index (χ3v) is 5.01. The molecule has 2 aromatic rings. The van der Waals surface area contributed by atoms with Gasteiger partial charge in [0.15, 0.2) is 0 Å². The van der Waals surface area contributed by atoms with Gasteiger partial charge >= 0.3 is 0 Å². The van der Waals surface area contributed by atoms with Crippen molar-refractivity contribution in [2.75, 3.05) is 12.3 Å². The maximum absolute atomic E-state index is 12.5. The molecule has 5 heteroatoms. The van der Waals surface area contributed by atoms with Crippen molar-refractivity contribution >= 4 is 15.7 Å². The number of rotatable bonds is 5. The first-order chi connectivity index (χ1) is 9.54. The highest BCUT2D eigenvalue weighted by molar-refractivity contribution is 7.89. The van der Waals surface area contributed by atoms with E-state index in [0.717, 1.165) is 5.56 Å². The number of nitrogens with two attached hydrogens (primary N) is 1. The Morgan fingerprint density at radius 1 is 1.00 bits per heavy atom. The topological polar surface area (TPSA) is 63.4 Å². The zero-order valence-electron chi connectivity index (χ0n) is 11.4. The van der Waals surface area contributed by atoms with Gasteiger partial charge in [0.25, 0.3) is 0 Å². The number of anilines is 1. The van der Waals surface area contributed by atoms with E-state index in [0.29, 0.717) is 23.7 Å². The van der Waals surface area contributed by atoms with Crippen molar-refractivity contribution in [2.45, 2.75) is 18.4 Å². The van der Waals surface area contributed by atoms with E-state index in [4.69, 9.17) is 5.73 Å². The molecule has 0 aliphatic heterocycles. The van der Waals surface area contributed by atoms with E-state index in [2.05, 4.69) is 0 Å². The molecular weight excluding hydrogens is 272 g/mol. The summed E-state index contributed by atoms with van der Waals surface area (Å²) < 4.78 is 26.5. The van der Waals surface area contributed by atoms with Gasteiger partial charge in [-0.2, -0.15) is 4.31 Å². The molecule has 2 aromatic carbocycles. The van der Waals surface area contributed by atoms with Crippen LogP contribution in [-0.4, -0.2) is 19.3 Å². The maximum atomic E-state index is 12.5. The van der Waals surface area contributed by atoms with Crippen LogP contribution in [0.15, 0.2) is 59.5 Å². The highest BCUT2D eigenvalue weighted by atomic mass is 32.2. The van der Waals surface area contributed by atoms with Crippen molar-refractivity contribution in [1.29, 1.82) is 0 Å².